The van der Waals surface area contributed by atoms with Crippen LogP contribution in [-0.4, -0.2) is 15.9 Å². The van der Waals surface area contributed by atoms with Gasteiger partial charge in [0.25, 0.3) is 5.91 Å². The largest absolute Gasteiger partial charge is 0.324 e. The summed E-state index contributed by atoms with van der Waals surface area (Å²) >= 11 is 3.39. The molecule has 0 aliphatic carbocycles. The number of nitrogens with zero attached hydrogens (tertiary/aromatic N) is 2. The van der Waals surface area contributed by atoms with E-state index in [1.165, 1.54) is 5.56 Å². The smallest absolute Gasteiger partial charge is 0.274 e. The van der Waals surface area contributed by atoms with Crippen LogP contribution in [0.25, 0.3) is 0 Å². The van der Waals surface area contributed by atoms with Gasteiger partial charge in [-0.15, -0.1) is 0 Å². The molecule has 126 valence electrons. The third-order valence-electron chi connectivity index (χ3n) is 3.75. The average Bonchev–Trinajstić information content (AvgIpc) is 2.60. The van der Waals surface area contributed by atoms with Crippen molar-refractivity contribution in [1.29, 1.82) is 0 Å². The molecule has 3 aromatic rings. The zero-order valence-electron chi connectivity index (χ0n) is 13.9. The Bertz CT molecular complexity index is 910. The fourth-order valence-corrected chi connectivity index (χ4v) is 2.49. The molecule has 0 saturated carbocycles. The number of hydrogen-bond donors (Lipinski definition) is 2. The van der Waals surface area contributed by atoms with E-state index < -0.39 is 0 Å². The van der Waals surface area contributed by atoms with E-state index in [0.717, 1.165) is 21.4 Å². The van der Waals surface area contributed by atoms with Crippen LogP contribution in [-0.2, 0) is 0 Å². The van der Waals surface area contributed by atoms with Crippen LogP contribution >= 0.6 is 15.9 Å². The zero-order valence-corrected chi connectivity index (χ0v) is 15.5. The fraction of sp³-hybridized carbons (Fsp3) is 0.105. The number of carbonyl (C=O) groups is 1. The highest BCUT2D eigenvalue weighted by atomic mass is 79.9. The summed E-state index contributed by atoms with van der Waals surface area (Å²) in [4.78, 5) is 20.9. The Morgan fingerprint density at radius 3 is 2.40 bits per heavy atom. The molecule has 2 aromatic carbocycles. The topological polar surface area (TPSA) is 66.9 Å². The van der Waals surface area contributed by atoms with Gasteiger partial charge in [-0.3, -0.25) is 4.79 Å². The van der Waals surface area contributed by atoms with Crippen molar-refractivity contribution in [1.82, 2.24) is 9.97 Å². The molecule has 5 nitrogen and oxygen atoms in total. The molecule has 0 aliphatic heterocycles. The van der Waals surface area contributed by atoms with Gasteiger partial charge >= 0.3 is 0 Å². The van der Waals surface area contributed by atoms with E-state index in [4.69, 9.17) is 0 Å². The molecule has 0 atom stereocenters. The second-order valence-corrected chi connectivity index (χ2v) is 6.57. The molecule has 1 amide bonds. The third kappa shape index (κ3) is 4.42. The van der Waals surface area contributed by atoms with Crippen molar-refractivity contribution >= 4 is 39.2 Å². The maximum Gasteiger partial charge on any atom is 0.274 e. The van der Waals surface area contributed by atoms with Crippen LogP contribution in [0.5, 0.6) is 0 Å². The van der Waals surface area contributed by atoms with Gasteiger partial charge < -0.3 is 10.6 Å². The highest BCUT2D eigenvalue weighted by Crippen LogP contribution is 2.18. The van der Waals surface area contributed by atoms with Gasteiger partial charge in [-0.2, -0.15) is 0 Å². The lowest BCUT2D eigenvalue weighted by Crippen LogP contribution is -2.15. The van der Waals surface area contributed by atoms with Crippen molar-refractivity contribution in [3.63, 3.8) is 0 Å². The Morgan fingerprint density at radius 2 is 1.68 bits per heavy atom. The number of hydrogen-bond acceptors (Lipinski definition) is 4. The molecule has 0 spiro atoms. The van der Waals surface area contributed by atoms with E-state index in [2.05, 4.69) is 36.5 Å². The number of aryl methyl sites for hydroxylation is 2. The van der Waals surface area contributed by atoms with Gasteiger partial charge in [0.05, 0.1) is 0 Å². The van der Waals surface area contributed by atoms with Crippen molar-refractivity contribution in [2.45, 2.75) is 13.8 Å². The summed E-state index contributed by atoms with van der Waals surface area (Å²) in [6.07, 6.45) is 1.56. The van der Waals surface area contributed by atoms with Crippen LogP contribution in [0.15, 0.2) is 59.2 Å². The summed E-state index contributed by atoms with van der Waals surface area (Å²) in [5.41, 5.74) is 4.19. The number of anilines is 3. The summed E-state index contributed by atoms with van der Waals surface area (Å²) in [5.74, 6) is 0.0968. The molecule has 1 heterocycles. The monoisotopic (exact) mass is 396 g/mol. The summed E-state index contributed by atoms with van der Waals surface area (Å²) in [6, 6.07) is 15.0. The van der Waals surface area contributed by atoms with E-state index in [1.54, 1.807) is 12.3 Å². The highest BCUT2D eigenvalue weighted by molar-refractivity contribution is 9.10. The SMILES string of the molecule is Cc1ccc(NC(=O)c2ccnc(Nc3ccc(Br)cc3)n2)cc1C. The Balaban J connectivity index is 1.74. The molecular formula is C19H17BrN4O. The molecule has 0 aliphatic rings. The van der Waals surface area contributed by atoms with Crippen molar-refractivity contribution < 1.29 is 4.79 Å². The molecule has 6 heteroatoms. The zero-order chi connectivity index (χ0) is 17.8. The maximum atomic E-state index is 12.4. The minimum atomic E-state index is -0.274. The maximum absolute atomic E-state index is 12.4. The van der Waals surface area contributed by atoms with Crippen molar-refractivity contribution in [3.05, 3.63) is 76.0 Å². The molecule has 1 aromatic heterocycles. The van der Waals surface area contributed by atoms with Crippen molar-refractivity contribution in [3.8, 4) is 0 Å². The van der Waals surface area contributed by atoms with Crippen LogP contribution in [0.4, 0.5) is 17.3 Å². The number of rotatable bonds is 4. The van der Waals surface area contributed by atoms with Crippen LogP contribution < -0.4 is 10.6 Å². The first-order valence-electron chi connectivity index (χ1n) is 7.75. The predicted octanol–water partition coefficient (Wildman–Crippen LogP) is 4.85. The summed E-state index contributed by atoms with van der Waals surface area (Å²) in [5, 5.41) is 5.95. The van der Waals surface area contributed by atoms with Gasteiger partial charge in [-0.1, -0.05) is 22.0 Å². The van der Waals surface area contributed by atoms with Crippen LogP contribution in [0.2, 0.25) is 0 Å². The standard InChI is InChI=1S/C19H17BrN4O/c1-12-3-6-16(11-13(12)2)22-18(25)17-9-10-21-19(24-17)23-15-7-4-14(20)5-8-15/h3-11H,1-2H3,(H,22,25)(H,21,23,24). The molecule has 2 N–H and O–H groups in total. The molecule has 0 unspecified atom stereocenters. The predicted molar refractivity (Wildman–Crippen MR) is 103 cm³/mol. The number of nitrogens with one attached hydrogen (secondary N) is 2. The first kappa shape index (κ1) is 17.1. The fourth-order valence-electron chi connectivity index (χ4n) is 2.22. The normalized spacial score (nSPS) is 10.4. The van der Waals surface area contributed by atoms with Gasteiger partial charge in [0.15, 0.2) is 0 Å². The molecule has 0 fully saturated rings. The third-order valence-corrected chi connectivity index (χ3v) is 4.28. The number of benzene rings is 2. The molecule has 25 heavy (non-hydrogen) atoms. The molecule has 0 saturated heterocycles. The van der Waals surface area contributed by atoms with Crippen molar-refractivity contribution in [2.24, 2.45) is 0 Å². The van der Waals surface area contributed by atoms with Crippen molar-refractivity contribution in [2.75, 3.05) is 10.6 Å². The lowest BCUT2D eigenvalue weighted by atomic mass is 10.1. The molecule has 0 bridgehead atoms. The number of carbonyl (C=O) groups excluding carboxylic acids is 1. The van der Waals surface area contributed by atoms with Gasteiger partial charge in [0, 0.05) is 22.0 Å². The Morgan fingerprint density at radius 1 is 0.960 bits per heavy atom. The van der Waals surface area contributed by atoms with E-state index in [-0.39, 0.29) is 5.91 Å². The average molecular weight is 397 g/mol. The first-order valence-corrected chi connectivity index (χ1v) is 8.55. The molecule has 0 radical (unpaired) electrons. The Kier molecular flexibility index (Phi) is 5.09. The summed E-state index contributed by atoms with van der Waals surface area (Å²) in [6.45, 7) is 4.04. The van der Waals surface area contributed by atoms with Gasteiger partial charge in [-0.25, -0.2) is 9.97 Å². The van der Waals surface area contributed by atoms with Gasteiger partial charge in [-0.05, 0) is 67.4 Å². The van der Waals surface area contributed by atoms with Gasteiger partial charge in [0.2, 0.25) is 5.95 Å². The van der Waals surface area contributed by atoms with Gasteiger partial charge in [0.1, 0.15) is 5.69 Å². The lowest BCUT2D eigenvalue weighted by Gasteiger charge is -2.09. The summed E-state index contributed by atoms with van der Waals surface area (Å²) in [7, 11) is 0. The Labute approximate surface area is 154 Å². The minimum Gasteiger partial charge on any atom is -0.324 e. The van der Waals surface area contributed by atoms with Crippen LogP contribution in [0.3, 0.4) is 0 Å². The number of amides is 1. The van der Waals surface area contributed by atoms with E-state index in [0.29, 0.717) is 11.6 Å². The number of halogens is 1. The molecule has 3 rings (SSSR count). The quantitative estimate of drug-likeness (QED) is 0.661. The second kappa shape index (κ2) is 7.44. The van der Waals surface area contributed by atoms with Crippen LogP contribution in [0, 0.1) is 13.8 Å². The summed E-state index contributed by atoms with van der Waals surface area (Å²) < 4.78 is 0.987. The van der Waals surface area contributed by atoms with Crippen LogP contribution in [0.1, 0.15) is 21.6 Å². The van der Waals surface area contributed by atoms with E-state index in [1.807, 2.05) is 56.3 Å². The van der Waals surface area contributed by atoms with E-state index in [9.17, 15) is 4.79 Å². The lowest BCUT2D eigenvalue weighted by molar-refractivity contribution is 0.102. The minimum absolute atomic E-state index is 0.274. The second-order valence-electron chi connectivity index (χ2n) is 5.65. The first-order chi connectivity index (χ1) is 12.0. The van der Waals surface area contributed by atoms with E-state index >= 15 is 0 Å². The highest BCUT2D eigenvalue weighted by Gasteiger charge is 2.10. The number of aromatic nitrogens is 2. The molecular weight excluding hydrogens is 380 g/mol. The Hall–Kier alpha value is -2.73.